The molecule has 0 nitrogen and oxygen atoms in total. The first-order valence-electron chi connectivity index (χ1n) is 17.8. The van der Waals surface area contributed by atoms with Crippen LogP contribution in [0.15, 0.2) is 0 Å². The Bertz CT molecular complexity index is 1300. The Morgan fingerprint density at radius 3 is 0.825 bits per heavy atom. The minimum atomic E-state index is -9.15. The molecule has 0 aliphatic rings. The van der Waals surface area contributed by atoms with Crippen molar-refractivity contribution in [3.8, 4) is 23.7 Å². The topological polar surface area (TPSA) is 0 Å². The van der Waals surface area contributed by atoms with Gasteiger partial charge in [-0.05, 0) is 43.3 Å². The maximum absolute atomic E-state index is 14.1. The smallest absolute Gasteiger partial charge is 0.200 e. The van der Waals surface area contributed by atoms with Crippen molar-refractivity contribution >= 4 is 12.6 Å². The van der Waals surface area contributed by atoms with Crippen LogP contribution in [0.5, 0.6) is 0 Å². The summed E-state index contributed by atoms with van der Waals surface area (Å²) in [4.78, 5) is 0. The molecule has 0 aliphatic carbocycles. The minimum absolute atomic E-state index is 0.0504. The zero-order valence-corrected chi connectivity index (χ0v) is 31.1. The summed E-state index contributed by atoms with van der Waals surface area (Å²) in [6, 6.07) is 0. The Kier molecular flexibility index (Phi) is 21.2. The van der Waals surface area contributed by atoms with Gasteiger partial charge in [0.2, 0.25) is 0 Å². The van der Waals surface area contributed by atoms with Gasteiger partial charge in [-0.3, -0.25) is 0 Å². The number of thiol groups is 1. The maximum atomic E-state index is 14.1. The van der Waals surface area contributed by atoms with Gasteiger partial charge in [-0.25, -0.2) is 0 Å². The molecule has 0 radical (unpaired) electrons. The van der Waals surface area contributed by atoms with E-state index in [9.17, 15) is 92.2 Å². The van der Waals surface area contributed by atoms with Crippen LogP contribution < -0.4 is 0 Å². The maximum Gasteiger partial charge on any atom is 0.460 e. The van der Waals surface area contributed by atoms with E-state index in [1.165, 1.54) is 25.7 Å². The molecule has 0 unspecified atom stereocenters. The number of alkyl halides is 21. The molecule has 0 aromatic carbocycles. The zero-order valence-electron chi connectivity index (χ0n) is 30.2. The first-order valence-corrected chi connectivity index (χ1v) is 18.5. The van der Waals surface area contributed by atoms with Gasteiger partial charge < -0.3 is 0 Å². The Hall–Kier alpha value is -2.00. The molecular weight excluding hydrogens is 851 g/mol. The van der Waals surface area contributed by atoms with E-state index in [-0.39, 0.29) is 12.8 Å². The lowest BCUT2D eigenvalue weighted by molar-refractivity contribution is -0.474. The molecule has 0 bridgehead atoms. The molecule has 0 atom stereocenters. The van der Waals surface area contributed by atoms with Crippen molar-refractivity contribution in [3.05, 3.63) is 0 Å². The summed E-state index contributed by atoms with van der Waals surface area (Å²) in [6.07, 6.45) is 1.67. The lowest BCUT2D eigenvalue weighted by atomic mass is 9.85. The van der Waals surface area contributed by atoms with Crippen LogP contribution in [0.3, 0.4) is 0 Å². The fourth-order valence-electron chi connectivity index (χ4n) is 5.14. The predicted octanol–water partition coefficient (Wildman–Crippen LogP) is 15.0. The third-order valence-corrected chi connectivity index (χ3v) is 9.13. The minimum Gasteiger partial charge on any atom is -0.200 e. The van der Waals surface area contributed by atoms with Crippen LogP contribution in [-0.4, -0.2) is 65.2 Å². The summed E-state index contributed by atoms with van der Waals surface area (Å²) >= 11 is 4.17. The normalized spacial score (nSPS) is 14.3. The van der Waals surface area contributed by atoms with Gasteiger partial charge in [0.25, 0.3) is 0 Å². The fraction of sp³-hybridized carbons (Fsp3) is 0.886. The van der Waals surface area contributed by atoms with E-state index in [0.717, 1.165) is 50.7 Å². The van der Waals surface area contributed by atoms with Crippen LogP contribution in [0.1, 0.15) is 128 Å². The fourth-order valence-corrected chi connectivity index (χ4v) is 5.37. The molecule has 0 spiro atoms. The molecular formula is C35H43F21S. The molecule has 0 rings (SSSR count). The quantitative estimate of drug-likeness (QED) is 0.0344. The van der Waals surface area contributed by atoms with Crippen molar-refractivity contribution in [2.75, 3.05) is 5.75 Å². The van der Waals surface area contributed by atoms with Crippen LogP contribution in [0.4, 0.5) is 92.2 Å². The highest BCUT2D eigenvalue weighted by molar-refractivity contribution is 7.80. The first-order chi connectivity index (χ1) is 25.8. The van der Waals surface area contributed by atoms with Crippen LogP contribution in [0.2, 0.25) is 0 Å². The summed E-state index contributed by atoms with van der Waals surface area (Å²) in [5, 5.41) is 0. The van der Waals surface area contributed by atoms with Crippen LogP contribution >= 0.6 is 12.6 Å². The van der Waals surface area contributed by atoms with E-state index in [1.807, 2.05) is 0 Å². The zero-order chi connectivity index (χ0) is 44.7. The summed E-state index contributed by atoms with van der Waals surface area (Å²) in [5.41, 5.74) is 0. The standard InChI is InChI=1S/C35H43F21S/c36-26(37,24-22-20-18-16-14-12-10-8-6-4-2-1-3-5-7-9-11-13-15-17-19-21-23-25-57)27(38,39)28(40,41)29(42,43)30(44,45)31(46,47)32(48,49)33(50,51)34(52,53)35(54,55)56/h57H,4,6-25H2. The van der Waals surface area contributed by atoms with E-state index in [4.69, 9.17) is 0 Å². The van der Waals surface area contributed by atoms with Crippen LogP contribution in [0.25, 0.3) is 0 Å². The summed E-state index contributed by atoms with van der Waals surface area (Å²) in [5.74, 6) is -64.1. The molecule has 0 fully saturated rings. The average molecular weight is 895 g/mol. The third-order valence-electron chi connectivity index (χ3n) is 8.82. The van der Waals surface area contributed by atoms with Crippen molar-refractivity contribution in [1.82, 2.24) is 0 Å². The number of unbranched alkanes of at least 4 members (excludes halogenated alkanes) is 17. The predicted molar refractivity (Wildman–Crippen MR) is 172 cm³/mol. The van der Waals surface area contributed by atoms with Crippen molar-refractivity contribution in [1.29, 1.82) is 0 Å². The molecule has 0 N–H and O–H groups in total. The van der Waals surface area contributed by atoms with Crippen molar-refractivity contribution < 1.29 is 92.2 Å². The Morgan fingerprint density at radius 2 is 0.526 bits per heavy atom. The second kappa shape index (κ2) is 22.0. The number of rotatable bonds is 28. The third kappa shape index (κ3) is 13.0. The highest BCUT2D eigenvalue weighted by atomic mass is 32.1. The lowest BCUT2D eigenvalue weighted by Gasteiger charge is -2.44. The molecule has 0 aliphatic heterocycles. The van der Waals surface area contributed by atoms with Crippen LogP contribution in [0, 0.1) is 23.7 Å². The SMILES string of the molecule is FC(F)(F)C(F)(F)C(F)(F)C(F)(F)C(F)(F)C(F)(F)C(F)(F)C(F)(F)C(F)(F)C(F)(F)CCCCCCCCCCCC#CC#CCCCCCCCCCCS. The van der Waals surface area contributed by atoms with E-state index in [1.54, 1.807) is 0 Å². The molecule has 0 saturated carbocycles. The Labute approximate surface area is 322 Å². The van der Waals surface area contributed by atoms with E-state index in [0.29, 0.717) is 25.7 Å². The van der Waals surface area contributed by atoms with Crippen molar-refractivity contribution in [2.24, 2.45) is 0 Å². The van der Waals surface area contributed by atoms with Gasteiger partial charge in [0.1, 0.15) is 0 Å². The summed E-state index contributed by atoms with van der Waals surface area (Å²) in [6.45, 7) is 0. The van der Waals surface area contributed by atoms with Gasteiger partial charge in [0.05, 0.1) is 0 Å². The molecule has 0 aromatic heterocycles. The summed E-state index contributed by atoms with van der Waals surface area (Å²) in [7, 11) is 0. The van der Waals surface area contributed by atoms with Crippen LogP contribution in [-0.2, 0) is 0 Å². The molecule has 0 amide bonds. The molecule has 0 heterocycles. The Balaban J connectivity index is 4.93. The molecule has 22 heteroatoms. The van der Waals surface area contributed by atoms with Gasteiger partial charge in [-0.1, -0.05) is 95.3 Å². The summed E-state index contributed by atoms with van der Waals surface area (Å²) < 4.78 is 283. The number of hydrogen-bond donors (Lipinski definition) is 1. The number of halogens is 21. The Morgan fingerprint density at radius 1 is 0.281 bits per heavy atom. The molecule has 57 heavy (non-hydrogen) atoms. The number of hydrogen-bond acceptors (Lipinski definition) is 1. The largest absolute Gasteiger partial charge is 0.460 e. The van der Waals surface area contributed by atoms with Gasteiger partial charge in [-0.15, -0.1) is 0 Å². The average Bonchev–Trinajstić information content (AvgIpc) is 3.08. The lowest BCUT2D eigenvalue weighted by Crippen LogP contribution is -2.76. The van der Waals surface area contributed by atoms with Gasteiger partial charge in [-0.2, -0.15) is 105 Å². The highest BCUT2D eigenvalue weighted by Crippen LogP contribution is 2.66. The molecule has 0 saturated heterocycles. The van der Waals surface area contributed by atoms with E-state index < -0.39 is 78.7 Å². The monoisotopic (exact) mass is 894 g/mol. The van der Waals surface area contributed by atoms with Crippen molar-refractivity contribution in [3.63, 3.8) is 0 Å². The molecule has 336 valence electrons. The second-order valence-electron chi connectivity index (χ2n) is 13.4. The van der Waals surface area contributed by atoms with Gasteiger partial charge in [0.15, 0.2) is 0 Å². The van der Waals surface area contributed by atoms with E-state index >= 15 is 0 Å². The van der Waals surface area contributed by atoms with Gasteiger partial charge in [0, 0.05) is 19.3 Å². The van der Waals surface area contributed by atoms with E-state index in [2.05, 4.69) is 36.3 Å². The first kappa shape index (κ1) is 55.0. The van der Waals surface area contributed by atoms with Gasteiger partial charge >= 0.3 is 59.5 Å². The second-order valence-corrected chi connectivity index (χ2v) is 13.8. The molecule has 0 aromatic rings. The van der Waals surface area contributed by atoms with Crippen molar-refractivity contribution in [2.45, 2.75) is 188 Å². The highest BCUT2D eigenvalue weighted by Gasteiger charge is 2.97.